The second kappa shape index (κ2) is 7.25. The molecule has 2 amide bonds. The van der Waals surface area contributed by atoms with E-state index in [1.807, 2.05) is 11.0 Å². The average molecular weight is 328 g/mol. The molecule has 0 radical (unpaired) electrons. The first-order chi connectivity index (χ1) is 11.6. The Morgan fingerprint density at radius 1 is 1.25 bits per heavy atom. The number of H-pyrrole nitrogens is 1. The van der Waals surface area contributed by atoms with Crippen LogP contribution in [-0.2, 0) is 16.0 Å². The lowest BCUT2D eigenvalue weighted by Gasteiger charge is -2.15. The van der Waals surface area contributed by atoms with Gasteiger partial charge in [0.15, 0.2) is 0 Å². The van der Waals surface area contributed by atoms with Crippen LogP contribution in [0.2, 0.25) is 0 Å². The number of fused-ring (bicyclic) bond motifs is 1. The number of carbonyl (C=O) groups is 2. The molecular formula is C17H20N4O3. The van der Waals surface area contributed by atoms with E-state index in [0.717, 1.165) is 19.4 Å². The van der Waals surface area contributed by atoms with Crippen molar-refractivity contribution < 1.29 is 9.59 Å². The van der Waals surface area contributed by atoms with Crippen molar-refractivity contribution in [2.24, 2.45) is 0 Å². The van der Waals surface area contributed by atoms with Crippen LogP contribution in [0.25, 0.3) is 10.8 Å². The van der Waals surface area contributed by atoms with E-state index in [0.29, 0.717) is 36.0 Å². The SMILES string of the molecule is O=C(Cc1n[nH]c(=O)c2ccccc12)NCCCN1CCCC1=O. The largest absolute Gasteiger partial charge is 0.356 e. The molecule has 0 spiro atoms. The van der Waals surface area contributed by atoms with E-state index in [1.54, 1.807) is 18.2 Å². The summed E-state index contributed by atoms with van der Waals surface area (Å²) in [5.41, 5.74) is 0.294. The van der Waals surface area contributed by atoms with Gasteiger partial charge in [0.05, 0.1) is 17.5 Å². The number of hydrogen-bond donors (Lipinski definition) is 2. The zero-order chi connectivity index (χ0) is 16.9. The Morgan fingerprint density at radius 2 is 2.04 bits per heavy atom. The lowest BCUT2D eigenvalue weighted by molar-refractivity contribution is -0.127. The quantitative estimate of drug-likeness (QED) is 0.759. The Balaban J connectivity index is 1.53. The summed E-state index contributed by atoms with van der Waals surface area (Å²) in [4.78, 5) is 37.1. The van der Waals surface area contributed by atoms with Gasteiger partial charge in [-0.15, -0.1) is 0 Å². The number of nitrogens with one attached hydrogen (secondary N) is 2. The van der Waals surface area contributed by atoms with Gasteiger partial charge in [-0.3, -0.25) is 14.4 Å². The predicted octanol–water partition coefficient (Wildman–Crippen LogP) is 0.594. The molecule has 0 aliphatic carbocycles. The molecule has 7 heteroatoms. The number of rotatable bonds is 6. The highest BCUT2D eigenvalue weighted by Gasteiger charge is 2.19. The maximum absolute atomic E-state index is 12.1. The smallest absolute Gasteiger partial charge is 0.272 e. The van der Waals surface area contributed by atoms with Crippen LogP contribution in [0.4, 0.5) is 0 Å². The Kier molecular flexibility index (Phi) is 4.88. The first-order valence-corrected chi connectivity index (χ1v) is 8.16. The van der Waals surface area contributed by atoms with Crippen LogP contribution in [-0.4, -0.2) is 46.5 Å². The summed E-state index contributed by atoms with van der Waals surface area (Å²) in [5.74, 6) is 0.0534. The number of benzene rings is 1. The van der Waals surface area contributed by atoms with Gasteiger partial charge < -0.3 is 10.2 Å². The van der Waals surface area contributed by atoms with Gasteiger partial charge in [-0.25, -0.2) is 5.10 Å². The number of amides is 2. The lowest BCUT2D eigenvalue weighted by atomic mass is 10.1. The van der Waals surface area contributed by atoms with Crippen molar-refractivity contribution in [3.63, 3.8) is 0 Å². The molecule has 1 saturated heterocycles. The van der Waals surface area contributed by atoms with Gasteiger partial charge in [0, 0.05) is 31.4 Å². The number of aromatic amines is 1. The minimum absolute atomic E-state index is 0.111. The molecule has 1 aromatic carbocycles. The molecule has 24 heavy (non-hydrogen) atoms. The van der Waals surface area contributed by atoms with Gasteiger partial charge in [0.2, 0.25) is 11.8 Å². The van der Waals surface area contributed by atoms with Crippen molar-refractivity contribution in [3.05, 3.63) is 40.3 Å². The Bertz CT molecular complexity index is 815. The van der Waals surface area contributed by atoms with E-state index < -0.39 is 0 Å². The Morgan fingerprint density at radius 3 is 2.79 bits per heavy atom. The van der Waals surface area contributed by atoms with Gasteiger partial charge in [0.1, 0.15) is 0 Å². The van der Waals surface area contributed by atoms with Gasteiger partial charge in [-0.1, -0.05) is 18.2 Å². The van der Waals surface area contributed by atoms with Crippen LogP contribution < -0.4 is 10.9 Å². The van der Waals surface area contributed by atoms with E-state index >= 15 is 0 Å². The number of likely N-dealkylation sites (tertiary alicyclic amines) is 1. The molecule has 0 atom stereocenters. The monoisotopic (exact) mass is 328 g/mol. The molecule has 126 valence electrons. The van der Waals surface area contributed by atoms with Crippen LogP contribution in [0, 0.1) is 0 Å². The highest BCUT2D eigenvalue weighted by atomic mass is 16.2. The highest BCUT2D eigenvalue weighted by Crippen LogP contribution is 2.13. The molecular weight excluding hydrogens is 308 g/mol. The van der Waals surface area contributed by atoms with Gasteiger partial charge in [0.25, 0.3) is 5.56 Å². The zero-order valence-corrected chi connectivity index (χ0v) is 13.4. The van der Waals surface area contributed by atoms with Crippen LogP contribution in [0.3, 0.4) is 0 Å². The lowest BCUT2D eigenvalue weighted by Crippen LogP contribution is -2.31. The third-order valence-electron chi connectivity index (χ3n) is 4.20. The summed E-state index contributed by atoms with van der Waals surface area (Å²) in [5, 5.41) is 10.5. The molecule has 1 aromatic heterocycles. The minimum Gasteiger partial charge on any atom is -0.356 e. The Labute approximate surface area is 139 Å². The van der Waals surface area contributed by atoms with E-state index in [-0.39, 0.29) is 23.8 Å². The number of aromatic nitrogens is 2. The van der Waals surface area contributed by atoms with E-state index in [4.69, 9.17) is 0 Å². The molecule has 0 saturated carbocycles. The maximum atomic E-state index is 12.1. The van der Waals surface area contributed by atoms with Gasteiger partial charge in [-0.05, 0) is 18.9 Å². The fourth-order valence-corrected chi connectivity index (χ4v) is 2.96. The standard InChI is InChI=1S/C17H20N4O3/c22-15(18-8-4-10-21-9-3-7-16(21)23)11-14-12-5-1-2-6-13(12)17(24)20-19-14/h1-2,5-6H,3-4,7-11H2,(H,18,22)(H,20,24). The van der Waals surface area contributed by atoms with Gasteiger partial charge in [-0.2, -0.15) is 5.10 Å². The third-order valence-corrected chi connectivity index (χ3v) is 4.20. The molecule has 2 heterocycles. The van der Waals surface area contributed by atoms with Crippen LogP contribution in [0.1, 0.15) is 25.0 Å². The summed E-state index contributed by atoms with van der Waals surface area (Å²) in [6.07, 6.45) is 2.41. The van der Waals surface area contributed by atoms with Crippen molar-refractivity contribution in [1.29, 1.82) is 0 Å². The normalized spacial score (nSPS) is 14.3. The summed E-state index contributed by atoms with van der Waals surface area (Å²) >= 11 is 0. The van der Waals surface area contributed by atoms with Gasteiger partial charge >= 0.3 is 0 Å². The van der Waals surface area contributed by atoms with Crippen LogP contribution in [0.5, 0.6) is 0 Å². The van der Waals surface area contributed by atoms with E-state index in [2.05, 4.69) is 15.5 Å². The van der Waals surface area contributed by atoms with Crippen LogP contribution >= 0.6 is 0 Å². The first-order valence-electron chi connectivity index (χ1n) is 8.16. The second-order valence-corrected chi connectivity index (χ2v) is 5.91. The Hall–Kier alpha value is -2.70. The molecule has 1 fully saturated rings. The molecule has 2 aromatic rings. The fraction of sp³-hybridized carbons (Fsp3) is 0.412. The topological polar surface area (TPSA) is 95.2 Å². The fourth-order valence-electron chi connectivity index (χ4n) is 2.96. The van der Waals surface area contributed by atoms with Crippen molar-refractivity contribution in [2.75, 3.05) is 19.6 Å². The molecule has 7 nitrogen and oxygen atoms in total. The zero-order valence-electron chi connectivity index (χ0n) is 13.4. The predicted molar refractivity (Wildman–Crippen MR) is 89.5 cm³/mol. The first kappa shape index (κ1) is 16.2. The third kappa shape index (κ3) is 3.61. The molecule has 0 unspecified atom stereocenters. The summed E-state index contributed by atoms with van der Waals surface area (Å²) in [7, 11) is 0. The number of carbonyl (C=O) groups excluding carboxylic acids is 2. The average Bonchev–Trinajstić information content (AvgIpc) is 3.00. The molecule has 0 bridgehead atoms. The minimum atomic E-state index is -0.259. The second-order valence-electron chi connectivity index (χ2n) is 5.91. The molecule has 3 rings (SSSR count). The number of hydrogen-bond acceptors (Lipinski definition) is 4. The van der Waals surface area contributed by atoms with Crippen molar-refractivity contribution in [3.8, 4) is 0 Å². The van der Waals surface area contributed by atoms with Crippen LogP contribution in [0.15, 0.2) is 29.1 Å². The molecule has 2 N–H and O–H groups in total. The summed E-state index contributed by atoms with van der Waals surface area (Å²) < 4.78 is 0. The van der Waals surface area contributed by atoms with E-state index in [1.165, 1.54) is 0 Å². The molecule has 1 aliphatic heterocycles. The maximum Gasteiger partial charge on any atom is 0.272 e. The summed E-state index contributed by atoms with van der Waals surface area (Å²) in [6.45, 7) is 2.02. The van der Waals surface area contributed by atoms with E-state index in [9.17, 15) is 14.4 Å². The van der Waals surface area contributed by atoms with Crippen molar-refractivity contribution >= 4 is 22.6 Å². The highest BCUT2D eigenvalue weighted by molar-refractivity contribution is 5.88. The number of nitrogens with zero attached hydrogens (tertiary/aromatic N) is 2. The summed E-state index contributed by atoms with van der Waals surface area (Å²) in [6, 6.07) is 7.10. The van der Waals surface area contributed by atoms with Crippen molar-refractivity contribution in [2.45, 2.75) is 25.7 Å². The van der Waals surface area contributed by atoms with Crippen molar-refractivity contribution in [1.82, 2.24) is 20.4 Å². The molecule has 1 aliphatic rings.